The van der Waals surface area contributed by atoms with Crippen molar-refractivity contribution in [1.29, 1.82) is 0 Å². The van der Waals surface area contributed by atoms with Gasteiger partial charge in [0, 0.05) is 22.8 Å². The number of benzene rings is 1. The van der Waals surface area contributed by atoms with E-state index in [1.54, 1.807) is 25.8 Å². The molecule has 1 atom stereocenters. The van der Waals surface area contributed by atoms with Gasteiger partial charge in [-0.2, -0.15) is 23.5 Å². The number of aromatic amines is 1. The molecule has 0 amide bonds. The number of ether oxygens (including phenoxy) is 2. The van der Waals surface area contributed by atoms with Crippen LogP contribution in [0.5, 0.6) is 5.75 Å². The van der Waals surface area contributed by atoms with E-state index in [1.807, 2.05) is 24.3 Å². The van der Waals surface area contributed by atoms with Crippen LogP contribution in [0.25, 0.3) is 11.4 Å². The Kier molecular flexibility index (Phi) is 7.38. The van der Waals surface area contributed by atoms with Gasteiger partial charge in [-0.1, -0.05) is 12.1 Å². The van der Waals surface area contributed by atoms with Crippen molar-refractivity contribution in [1.82, 2.24) is 9.97 Å². The highest BCUT2D eigenvalue weighted by Crippen LogP contribution is 2.30. The third kappa shape index (κ3) is 5.02. The van der Waals surface area contributed by atoms with Gasteiger partial charge in [0.15, 0.2) is 5.78 Å². The molecule has 0 bridgehead atoms. The van der Waals surface area contributed by atoms with E-state index >= 15 is 0 Å². The van der Waals surface area contributed by atoms with E-state index < -0.39 is 5.92 Å². The number of Topliss-reactive ketones (excluding diaryl/α,β-unsaturated/α-hetero) is 1. The summed E-state index contributed by atoms with van der Waals surface area (Å²) >= 11 is 3.21. The van der Waals surface area contributed by atoms with Gasteiger partial charge in [0.05, 0.1) is 30.7 Å². The van der Waals surface area contributed by atoms with Gasteiger partial charge in [0.1, 0.15) is 17.5 Å². The molecule has 3 heterocycles. The minimum Gasteiger partial charge on any atom is -0.496 e. The normalized spacial score (nSPS) is 17.3. The van der Waals surface area contributed by atoms with Crippen LogP contribution in [0.2, 0.25) is 0 Å². The summed E-state index contributed by atoms with van der Waals surface area (Å²) in [5.74, 6) is 3.08. The molecule has 0 aliphatic carbocycles. The Morgan fingerprint density at radius 3 is 2.69 bits per heavy atom. The van der Waals surface area contributed by atoms with Crippen molar-refractivity contribution in [3.8, 4) is 17.1 Å². The number of rotatable bonds is 4. The number of para-hydroxylation sites is 1. The molecule has 154 valence electrons. The average Bonchev–Trinajstić information content (AvgIpc) is 3.37. The van der Waals surface area contributed by atoms with Gasteiger partial charge in [-0.15, -0.1) is 0 Å². The van der Waals surface area contributed by atoms with Crippen LogP contribution in [0, 0.1) is 5.92 Å². The summed E-state index contributed by atoms with van der Waals surface area (Å²) in [7, 11) is 1.61. The maximum Gasteiger partial charge on any atom is 0.317 e. The van der Waals surface area contributed by atoms with Crippen LogP contribution < -0.4 is 10.3 Å². The molecule has 1 fully saturated rings. The minimum atomic E-state index is -0.486. The van der Waals surface area contributed by atoms with E-state index in [-0.39, 0.29) is 17.3 Å². The molecular formula is C20H22N2O5S2. The number of methoxy groups -OCH3 is 1. The fourth-order valence-corrected chi connectivity index (χ4v) is 5.06. The number of carbonyl (C=O) groups excluding carboxylic acids is 2. The van der Waals surface area contributed by atoms with Crippen LogP contribution in [-0.2, 0) is 25.8 Å². The Hall–Kier alpha value is -2.26. The number of H-pyrrole nitrogens is 1. The van der Waals surface area contributed by atoms with E-state index in [0.717, 1.165) is 28.3 Å². The number of esters is 1. The number of nitrogens with one attached hydrogen (secondary N) is 1. The van der Waals surface area contributed by atoms with Crippen molar-refractivity contribution in [2.24, 2.45) is 5.92 Å². The lowest BCUT2D eigenvalue weighted by Crippen LogP contribution is -2.24. The predicted molar refractivity (Wildman–Crippen MR) is 114 cm³/mol. The smallest absolute Gasteiger partial charge is 0.317 e. The van der Waals surface area contributed by atoms with Gasteiger partial charge in [-0.3, -0.25) is 14.4 Å². The molecule has 0 radical (unpaired) electrons. The SMILES string of the molecule is CCOC(=O)C1CSCC1=O.COc1ccccc1-c1nc2c(c(=O)[nH]1)CSC2. The Morgan fingerprint density at radius 2 is 2.00 bits per heavy atom. The molecule has 29 heavy (non-hydrogen) atoms. The number of carbonyl (C=O) groups is 2. The van der Waals surface area contributed by atoms with Crippen molar-refractivity contribution >= 4 is 35.3 Å². The summed E-state index contributed by atoms with van der Waals surface area (Å²) in [5, 5.41) is 0. The summed E-state index contributed by atoms with van der Waals surface area (Å²) in [6.45, 7) is 2.09. The quantitative estimate of drug-likeness (QED) is 0.579. The van der Waals surface area contributed by atoms with E-state index in [0.29, 0.717) is 29.7 Å². The first-order chi connectivity index (χ1) is 14.0. The van der Waals surface area contributed by atoms with Crippen LogP contribution in [0.4, 0.5) is 0 Å². The molecule has 0 spiro atoms. The van der Waals surface area contributed by atoms with Crippen molar-refractivity contribution in [2.45, 2.75) is 18.4 Å². The summed E-state index contributed by atoms with van der Waals surface area (Å²) in [6.07, 6.45) is 0. The maximum absolute atomic E-state index is 12.0. The lowest BCUT2D eigenvalue weighted by atomic mass is 10.1. The second kappa shape index (κ2) is 9.98. The second-order valence-electron chi connectivity index (χ2n) is 6.32. The van der Waals surface area contributed by atoms with E-state index in [2.05, 4.69) is 9.97 Å². The first-order valence-corrected chi connectivity index (χ1v) is 11.5. The van der Waals surface area contributed by atoms with Crippen molar-refractivity contribution in [3.05, 3.63) is 45.9 Å². The molecule has 2 aromatic rings. The molecule has 1 aromatic heterocycles. The van der Waals surface area contributed by atoms with E-state index in [1.165, 1.54) is 11.8 Å². The molecular weight excluding hydrogens is 412 g/mol. The highest BCUT2D eigenvalue weighted by atomic mass is 32.2. The first-order valence-electron chi connectivity index (χ1n) is 9.15. The van der Waals surface area contributed by atoms with Gasteiger partial charge in [-0.25, -0.2) is 4.98 Å². The van der Waals surface area contributed by atoms with Gasteiger partial charge in [0.25, 0.3) is 5.56 Å². The summed E-state index contributed by atoms with van der Waals surface area (Å²) in [6, 6.07) is 7.55. The second-order valence-corrected chi connectivity index (χ2v) is 8.33. The Balaban J connectivity index is 0.000000188. The number of fused-ring (bicyclic) bond motifs is 1. The molecule has 2 aliphatic rings. The van der Waals surface area contributed by atoms with Crippen LogP contribution in [0.1, 0.15) is 18.2 Å². The fourth-order valence-electron chi connectivity index (χ4n) is 2.94. The largest absolute Gasteiger partial charge is 0.496 e. The standard InChI is InChI=1S/C13H12N2O2S.C7H10O3S/c1-17-11-5-3-2-4-8(11)12-14-10-7-18-6-9(10)13(16)15-12;1-2-10-7(9)5-3-11-4-6(5)8/h2-5H,6-7H2,1H3,(H,14,15,16);5H,2-4H2,1H3. The number of aromatic nitrogens is 2. The molecule has 1 aromatic carbocycles. The highest BCUT2D eigenvalue weighted by Gasteiger charge is 2.32. The molecule has 1 unspecified atom stereocenters. The van der Waals surface area contributed by atoms with Gasteiger partial charge < -0.3 is 14.5 Å². The van der Waals surface area contributed by atoms with Crippen LogP contribution in [0.3, 0.4) is 0 Å². The zero-order chi connectivity index (χ0) is 20.8. The van der Waals surface area contributed by atoms with Crippen molar-refractivity contribution in [3.63, 3.8) is 0 Å². The zero-order valence-corrected chi connectivity index (χ0v) is 17.9. The third-order valence-electron chi connectivity index (χ3n) is 4.44. The number of hydrogen-bond donors (Lipinski definition) is 1. The molecule has 0 saturated carbocycles. The van der Waals surface area contributed by atoms with Gasteiger partial charge in [-0.05, 0) is 19.1 Å². The van der Waals surface area contributed by atoms with E-state index in [4.69, 9.17) is 9.47 Å². The third-order valence-corrected chi connectivity index (χ3v) is 6.47. The van der Waals surface area contributed by atoms with E-state index in [9.17, 15) is 14.4 Å². The summed E-state index contributed by atoms with van der Waals surface area (Å²) in [5.41, 5.74) is 2.48. The number of ketones is 1. The number of hydrogen-bond acceptors (Lipinski definition) is 8. The Bertz CT molecular complexity index is 960. The Labute approximate surface area is 177 Å². The minimum absolute atomic E-state index is 0.00782. The molecule has 4 rings (SSSR count). The summed E-state index contributed by atoms with van der Waals surface area (Å²) in [4.78, 5) is 41.3. The zero-order valence-electron chi connectivity index (χ0n) is 16.2. The van der Waals surface area contributed by atoms with Crippen molar-refractivity contribution in [2.75, 3.05) is 25.2 Å². The van der Waals surface area contributed by atoms with Crippen molar-refractivity contribution < 1.29 is 19.1 Å². The molecule has 1 N–H and O–H groups in total. The van der Waals surface area contributed by atoms with Crippen LogP contribution in [0.15, 0.2) is 29.1 Å². The topological polar surface area (TPSA) is 98.3 Å². The average molecular weight is 435 g/mol. The molecule has 9 heteroatoms. The molecule has 2 aliphatic heterocycles. The predicted octanol–water partition coefficient (Wildman–Crippen LogP) is 2.67. The first kappa shape index (κ1) is 21.4. The lowest BCUT2D eigenvalue weighted by molar-refractivity contribution is -0.149. The van der Waals surface area contributed by atoms with Crippen LogP contribution >= 0.6 is 23.5 Å². The maximum atomic E-state index is 12.0. The fraction of sp³-hybridized carbons (Fsp3) is 0.400. The van der Waals surface area contributed by atoms with Gasteiger partial charge >= 0.3 is 5.97 Å². The number of thioether (sulfide) groups is 2. The number of nitrogens with zero attached hydrogens (tertiary/aromatic N) is 1. The Morgan fingerprint density at radius 1 is 1.21 bits per heavy atom. The molecule has 1 saturated heterocycles. The van der Waals surface area contributed by atoms with Crippen LogP contribution in [-0.4, -0.2) is 46.9 Å². The molecule has 7 nitrogen and oxygen atoms in total. The highest BCUT2D eigenvalue weighted by molar-refractivity contribution is 8.00. The summed E-state index contributed by atoms with van der Waals surface area (Å²) < 4.78 is 10.0. The van der Waals surface area contributed by atoms with Gasteiger partial charge in [0.2, 0.25) is 0 Å². The lowest BCUT2D eigenvalue weighted by Gasteiger charge is -2.08. The monoisotopic (exact) mass is 434 g/mol.